The fourth-order valence-corrected chi connectivity index (χ4v) is 4.09. The molecule has 4 nitrogen and oxygen atoms in total. The molecule has 2 rings (SSSR count). The highest BCUT2D eigenvalue weighted by Crippen LogP contribution is 2.24. The summed E-state index contributed by atoms with van der Waals surface area (Å²) in [5.74, 6) is 1.68. The van der Waals surface area contributed by atoms with Gasteiger partial charge in [-0.05, 0) is 56.6 Å². The molecule has 28 heavy (non-hydrogen) atoms. The van der Waals surface area contributed by atoms with Gasteiger partial charge in [0.25, 0.3) is 0 Å². The number of aliphatic imine (C=N–C) groups is 1. The van der Waals surface area contributed by atoms with Crippen LogP contribution in [-0.2, 0) is 0 Å². The maximum atomic E-state index is 12.4. The number of guanidine groups is 1. The maximum absolute atomic E-state index is 12.4. The fourth-order valence-electron chi connectivity index (χ4n) is 3.31. The van der Waals surface area contributed by atoms with Crippen molar-refractivity contribution in [1.82, 2.24) is 15.5 Å². The first-order valence-electron chi connectivity index (χ1n) is 9.72. The van der Waals surface area contributed by atoms with Crippen LogP contribution in [0.2, 0.25) is 0 Å². The summed E-state index contributed by atoms with van der Waals surface area (Å²) in [6.07, 6.45) is -1.46. The predicted octanol–water partition coefficient (Wildman–Crippen LogP) is 4.69. The Morgan fingerprint density at radius 3 is 2.61 bits per heavy atom. The van der Waals surface area contributed by atoms with Crippen molar-refractivity contribution in [2.24, 2.45) is 10.9 Å². The summed E-state index contributed by atoms with van der Waals surface area (Å²) in [5, 5.41) is 8.71. The lowest BCUT2D eigenvalue weighted by atomic mass is 9.93. The van der Waals surface area contributed by atoms with E-state index in [1.54, 1.807) is 11.3 Å². The van der Waals surface area contributed by atoms with E-state index in [1.165, 1.54) is 9.78 Å². The van der Waals surface area contributed by atoms with Crippen molar-refractivity contribution >= 4 is 41.3 Å². The molecule has 1 aliphatic rings. The third-order valence-corrected chi connectivity index (χ3v) is 5.96. The molecule has 0 radical (unpaired) electrons. The average Bonchev–Trinajstić information content (AvgIpc) is 3.14. The van der Waals surface area contributed by atoms with Gasteiger partial charge in [0.15, 0.2) is 5.96 Å². The lowest BCUT2D eigenvalue weighted by molar-refractivity contribution is -0.148. The number of nitrogens with one attached hydrogen (secondary N) is 2. The number of thiophene rings is 1. The van der Waals surface area contributed by atoms with Crippen molar-refractivity contribution in [2.75, 3.05) is 39.3 Å². The van der Waals surface area contributed by atoms with Gasteiger partial charge in [0, 0.05) is 23.9 Å². The molecule has 1 aliphatic heterocycles. The highest BCUT2D eigenvalue weighted by Gasteiger charge is 2.32. The molecular weight excluding hydrogens is 500 g/mol. The van der Waals surface area contributed by atoms with E-state index in [4.69, 9.17) is 0 Å². The molecule has 2 heterocycles. The molecule has 0 saturated carbocycles. The van der Waals surface area contributed by atoms with E-state index in [0.29, 0.717) is 24.9 Å². The summed E-state index contributed by atoms with van der Waals surface area (Å²) in [6, 6.07) is 4.19. The molecule has 0 amide bonds. The highest BCUT2D eigenvalue weighted by molar-refractivity contribution is 14.0. The number of nitrogens with zero attached hydrogens (tertiary/aromatic N) is 2. The molecular formula is C19H32F3IN4S. The normalized spacial score (nSPS) is 17.8. The number of likely N-dealkylation sites (tertiary alicyclic amines) is 1. The highest BCUT2D eigenvalue weighted by atomic mass is 127. The van der Waals surface area contributed by atoms with Gasteiger partial charge in [0.2, 0.25) is 0 Å². The van der Waals surface area contributed by atoms with Crippen molar-refractivity contribution in [3.63, 3.8) is 0 Å². The number of rotatable bonds is 8. The molecule has 1 saturated heterocycles. The lowest BCUT2D eigenvalue weighted by Crippen LogP contribution is -2.41. The van der Waals surface area contributed by atoms with Crippen LogP contribution in [0.3, 0.4) is 0 Å². The molecule has 1 aromatic heterocycles. The average molecular weight is 532 g/mol. The summed E-state index contributed by atoms with van der Waals surface area (Å²) in [5.41, 5.74) is 0. The zero-order chi connectivity index (χ0) is 19.7. The second kappa shape index (κ2) is 12.9. The number of hydrogen-bond acceptors (Lipinski definition) is 3. The first-order valence-corrected chi connectivity index (χ1v) is 10.6. The topological polar surface area (TPSA) is 39.7 Å². The molecule has 0 aromatic carbocycles. The molecule has 1 aromatic rings. The minimum Gasteiger partial charge on any atom is -0.357 e. The minimum absolute atomic E-state index is 0. The standard InChI is InChI=1S/C19H31F3N4S.HI/c1-3-23-18(25-13-15(2)17-5-4-12-27-17)24-9-6-16-7-10-26(11-8-16)14-19(20,21)22;/h4-5,12,15-16H,3,6-11,13-14H2,1-2H3,(H2,23,24,25);1H. The SMILES string of the molecule is CCNC(=NCC(C)c1cccs1)NCCC1CCN(CC(F)(F)F)CC1.I. The van der Waals surface area contributed by atoms with Gasteiger partial charge in [-0.3, -0.25) is 9.89 Å². The Morgan fingerprint density at radius 1 is 1.32 bits per heavy atom. The van der Waals surface area contributed by atoms with Crippen LogP contribution in [0.4, 0.5) is 13.2 Å². The van der Waals surface area contributed by atoms with E-state index < -0.39 is 12.7 Å². The van der Waals surface area contributed by atoms with Gasteiger partial charge in [0.05, 0.1) is 13.1 Å². The zero-order valence-electron chi connectivity index (χ0n) is 16.6. The van der Waals surface area contributed by atoms with E-state index in [-0.39, 0.29) is 24.0 Å². The lowest BCUT2D eigenvalue weighted by Gasteiger charge is -2.32. The second-order valence-electron chi connectivity index (χ2n) is 7.19. The Balaban J connectivity index is 0.00000392. The van der Waals surface area contributed by atoms with Gasteiger partial charge < -0.3 is 10.6 Å². The van der Waals surface area contributed by atoms with Crippen molar-refractivity contribution in [1.29, 1.82) is 0 Å². The number of hydrogen-bond donors (Lipinski definition) is 2. The fraction of sp³-hybridized carbons (Fsp3) is 0.737. The minimum atomic E-state index is -4.09. The first kappa shape index (κ1) is 25.5. The molecule has 1 atom stereocenters. The van der Waals surface area contributed by atoms with Crippen LogP contribution in [0.1, 0.15) is 43.9 Å². The monoisotopic (exact) mass is 532 g/mol. The van der Waals surface area contributed by atoms with E-state index in [9.17, 15) is 13.2 Å². The summed E-state index contributed by atoms with van der Waals surface area (Å²) < 4.78 is 37.3. The Labute approximate surface area is 187 Å². The Kier molecular flexibility index (Phi) is 11.7. The van der Waals surface area contributed by atoms with Crippen LogP contribution in [0, 0.1) is 5.92 Å². The molecule has 0 spiro atoms. The third kappa shape index (κ3) is 9.78. The van der Waals surface area contributed by atoms with Crippen molar-refractivity contribution in [3.8, 4) is 0 Å². The summed E-state index contributed by atoms with van der Waals surface area (Å²) in [7, 11) is 0. The van der Waals surface area contributed by atoms with E-state index >= 15 is 0 Å². The predicted molar refractivity (Wildman–Crippen MR) is 122 cm³/mol. The molecule has 1 fully saturated rings. The Bertz CT molecular complexity index is 558. The van der Waals surface area contributed by atoms with Crippen LogP contribution in [0.25, 0.3) is 0 Å². The quantitative estimate of drug-likeness (QED) is 0.290. The molecule has 0 aliphatic carbocycles. The second-order valence-corrected chi connectivity index (χ2v) is 8.17. The number of piperidine rings is 1. The van der Waals surface area contributed by atoms with Crippen molar-refractivity contribution in [2.45, 2.75) is 45.2 Å². The van der Waals surface area contributed by atoms with Crippen LogP contribution >= 0.6 is 35.3 Å². The van der Waals surface area contributed by atoms with E-state index in [0.717, 1.165) is 44.9 Å². The van der Waals surface area contributed by atoms with Crippen LogP contribution in [0.5, 0.6) is 0 Å². The van der Waals surface area contributed by atoms with E-state index in [2.05, 4.69) is 40.1 Å². The van der Waals surface area contributed by atoms with Crippen molar-refractivity contribution < 1.29 is 13.2 Å². The molecule has 9 heteroatoms. The Hall–Kier alpha value is -0.550. The molecule has 162 valence electrons. The molecule has 1 unspecified atom stereocenters. The van der Waals surface area contributed by atoms with Crippen LogP contribution < -0.4 is 10.6 Å². The Morgan fingerprint density at radius 2 is 2.04 bits per heavy atom. The molecule has 0 bridgehead atoms. The summed E-state index contributed by atoms with van der Waals surface area (Å²) in [6.45, 7) is 6.83. The van der Waals surface area contributed by atoms with Crippen molar-refractivity contribution in [3.05, 3.63) is 22.4 Å². The third-order valence-electron chi connectivity index (χ3n) is 4.85. The van der Waals surface area contributed by atoms with Gasteiger partial charge >= 0.3 is 6.18 Å². The molecule has 2 N–H and O–H groups in total. The summed E-state index contributed by atoms with van der Waals surface area (Å²) in [4.78, 5) is 7.52. The zero-order valence-corrected chi connectivity index (χ0v) is 19.7. The van der Waals surface area contributed by atoms with Gasteiger partial charge in [-0.25, -0.2) is 0 Å². The van der Waals surface area contributed by atoms with Gasteiger partial charge in [-0.2, -0.15) is 13.2 Å². The smallest absolute Gasteiger partial charge is 0.357 e. The van der Waals surface area contributed by atoms with Gasteiger partial charge in [0.1, 0.15) is 0 Å². The van der Waals surface area contributed by atoms with Gasteiger partial charge in [-0.15, -0.1) is 35.3 Å². The van der Waals surface area contributed by atoms with Gasteiger partial charge in [-0.1, -0.05) is 13.0 Å². The number of halogens is 4. The number of alkyl halides is 3. The largest absolute Gasteiger partial charge is 0.401 e. The maximum Gasteiger partial charge on any atom is 0.401 e. The van der Waals surface area contributed by atoms with Crippen LogP contribution in [-0.4, -0.2) is 56.3 Å². The van der Waals surface area contributed by atoms with E-state index in [1.807, 2.05) is 6.92 Å². The van der Waals surface area contributed by atoms with Crippen LogP contribution in [0.15, 0.2) is 22.5 Å². The summed E-state index contributed by atoms with van der Waals surface area (Å²) >= 11 is 1.75. The first-order chi connectivity index (χ1) is 12.9.